The quantitative estimate of drug-likeness (QED) is 0.791. The summed E-state index contributed by atoms with van der Waals surface area (Å²) in [5.74, 6) is 0. The lowest BCUT2D eigenvalue weighted by Crippen LogP contribution is -2.52. The van der Waals surface area contributed by atoms with Gasteiger partial charge in [0.25, 0.3) is 0 Å². The highest BCUT2D eigenvalue weighted by Crippen LogP contribution is 2.39. The van der Waals surface area contributed by atoms with Crippen LogP contribution in [0.4, 0.5) is 4.79 Å². The lowest BCUT2D eigenvalue weighted by Gasteiger charge is -2.41. The van der Waals surface area contributed by atoms with Crippen molar-refractivity contribution in [2.45, 2.75) is 96.9 Å². The lowest BCUT2D eigenvalue weighted by atomic mass is 10.1. The first-order valence-corrected chi connectivity index (χ1v) is 11.4. The molecule has 1 N–H and O–H groups in total. The highest BCUT2D eigenvalue weighted by molar-refractivity contribution is 6.74. The van der Waals surface area contributed by atoms with Crippen LogP contribution in [0, 0.1) is 0 Å². The Bertz CT molecular complexity index is 423. The average Bonchev–Trinajstić information content (AvgIpc) is 2.67. The van der Waals surface area contributed by atoms with Gasteiger partial charge < -0.3 is 14.3 Å². The molecule has 1 fully saturated rings. The fourth-order valence-electron chi connectivity index (χ4n) is 2.58. The molecule has 0 aromatic rings. The molecule has 6 heteroatoms. The minimum atomic E-state index is -1.96. The van der Waals surface area contributed by atoms with E-state index in [-0.39, 0.29) is 23.3 Å². The number of aliphatic hydroxyl groups is 1. The third-order valence-electron chi connectivity index (χ3n) is 4.77. The van der Waals surface area contributed by atoms with Gasteiger partial charge in [0.05, 0.1) is 18.2 Å². The Hall–Kier alpha value is -0.593. The predicted molar refractivity (Wildman–Crippen MR) is 95.1 cm³/mol. The van der Waals surface area contributed by atoms with E-state index < -0.39 is 20.0 Å². The number of hydrogen-bond donors (Lipinski definition) is 1. The van der Waals surface area contributed by atoms with E-state index in [1.165, 1.54) is 0 Å². The molecule has 0 aromatic carbocycles. The smallest absolute Gasteiger partial charge is 0.410 e. The molecule has 136 valence electrons. The Balaban J connectivity index is 2.91. The molecule has 0 aromatic heterocycles. The fraction of sp³-hybridized carbons (Fsp3) is 0.941. The molecule has 1 aliphatic rings. The zero-order chi connectivity index (χ0) is 18.2. The van der Waals surface area contributed by atoms with Crippen LogP contribution in [0.1, 0.15) is 54.9 Å². The van der Waals surface area contributed by atoms with Gasteiger partial charge in [-0.3, -0.25) is 4.90 Å². The molecule has 1 unspecified atom stereocenters. The predicted octanol–water partition coefficient (Wildman–Crippen LogP) is 3.77. The van der Waals surface area contributed by atoms with Gasteiger partial charge in [0.15, 0.2) is 8.32 Å². The molecule has 0 bridgehead atoms. The van der Waals surface area contributed by atoms with Gasteiger partial charge in [-0.2, -0.15) is 0 Å². The first kappa shape index (κ1) is 20.5. The molecule has 1 rings (SSSR count). The van der Waals surface area contributed by atoms with Crippen molar-refractivity contribution in [2.24, 2.45) is 0 Å². The summed E-state index contributed by atoms with van der Waals surface area (Å²) in [5, 5.41) is 10.3. The van der Waals surface area contributed by atoms with E-state index in [4.69, 9.17) is 9.16 Å². The van der Waals surface area contributed by atoms with E-state index in [2.05, 4.69) is 33.9 Å². The van der Waals surface area contributed by atoms with Gasteiger partial charge in [-0.1, -0.05) is 20.8 Å². The second kappa shape index (κ2) is 6.73. The van der Waals surface area contributed by atoms with E-state index in [0.717, 1.165) is 6.42 Å². The number of hydrogen-bond acceptors (Lipinski definition) is 4. The summed E-state index contributed by atoms with van der Waals surface area (Å²) in [6.07, 6.45) is -0.422. The Kier molecular flexibility index (Phi) is 5.98. The van der Waals surface area contributed by atoms with Crippen LogP contribution >= 0.6 is 0 Å². The van der Waals surface area contributed by atoms with Crippen molar-refractivity contribution in [3.05, 3.63) is 0 Å². The lowest BCUT2D eigenvalue weighted by molar-refractivity contribution is -0.00811. The van der Waals surface area contributed by atoms with E-state index in [9.17, 15) is 9.90 Å². The topological polar surface area (TPSA) is 59.0 Å². The average molecular weight is 346 g/mol. The number of aliphatic hydroxyl groups excluding tert-OH is 1. The second-order valence-electron chi connectivity index (χ2n) is 9.11. The third kappa shape index (κ3) is 5.19. The molecule has 0 saturated carbocycles. The van der Waals surface area contributed by atoms with Crippen molar-refractivity contribution in [3.8, 4) is 0 Å². The van der Waals surface area contributed by atoms with E-state index in [0.29, 0.717) is 6.54 Å². The van der Waals surface area contributed by atoms with Crippen molar-refractivity contribution in [1.82, 2.24) is 4.90 Å². The van der Waals surface area contributed by atoms with Crippen LogP contribution < -0.4 is 0 Å². The van der Waals surface area contributed by atoms with Crippen molar-refractivity contribution < 1.29 is 19.1 Å². The Morgan fingerprint density at radius 1 is 1.22 bits per heavy atom. The van der Waals surface area contributed by atoms with Gasteiger partial charge in [-0.15, -0.1) is 0 Å². The van der Waals surface area contributed by atoms with Gasteiger partial charge in [-0.05, 0) is 52.2 Å². The van der Waals surface area contributed by atoms with Gasteiger partial charge in [0.2, 0.25) is 0 Å². The molecule has 5 nitrogen and oxygen atoms in total. The van der Waals surface area contributed by atoms with Gasteiger partial charge in [0.1, 0.15) is 5.60 Å². The maximum atomic E-state index is 12.4. The summed E-state index contributed by atoms with van der Waals surface area (Å²) < 4.78 is 12.0. The number of carbonyl (C=O) groups excluding carboxylic acids is 1. The molecular weight excluding hydrogens is 310 g/mol. The largest absolute Gasteiger partial charge is 0.444 e. The summed E-state index contributed by atoms with van der Waals surface area (Å²) in [6, 6.07) is -0.348. The van der Waals surface area contributed by atoms with Crippen LogP contribution in [0.15, 0.2) is 0 Å². The minimum Gasteiger partial charge on any atom is -0.444 e. The first-order chi connectivity index (χ1) is 10.2. The second-order valence-corrected chi connectivity index (χ2v) is 13.9. The maximum absolute atomic E-state index is 12.4. The third-order valence-corrected chi connectivity index (χ3v) is 9.27. The van der Waals surface area contributed by atoms with Crippen molar-refractivity contribution in [2.75, 3.05) is 6.54 Å². The van der Waals surface area contributed by atoms with Crippen LogP contribution in [-0.4, -0.2) is 54.8 Å². The maximum Gasteiger partial charge on any atom is 0.410 e. The van der Waals surface area contributed by atoms with Crippen molar-refractivity contribution in [3.63, 3.8) is 0 Å². The summed E-state index contributed by atoms with van der Waals surface area (Å²) in [6.45, 7) is 18.8. The zero-order valence-electron chi connectivity index (χ0n) is 16.3. The van der Waals surface area contributed by atoms with E-state index in [1.54, 1.807) is 11.8 Å². The molecule has 23 heavy (non-hydrogen) atoms. The molecule has 1 saturated heterocycles. The van der Waals surface area contributed by atoms with Crippen LogP contribution in [0.5, 0.6) is 0 Å². The number of rotatable bonds is 3. The number of carbonyl (C=O) groups is 1. The zero-order valence-corrected chi connectivity index (χ0v) is 17.3. The standard InChI is InChI=1S/C17H35NO4Si/c1-12(19)14-13(22-23(8,9)17(5,6)7)10-11-18(14)15(20)21-16(2,3)4/h12-14,19H,10-11H2,1-9H3/t12?,13-,14-/m0/s1. The number of amides is 1. The monoisotopic (exact) mass is 345 g/mol. The van der Waals surface area contributed by atoms with Crippen molar-refractivity contribution in [1.29, 1.82) is 0 Å². The van der Waals surface area contributed by atoms with Crippen LogP contribution in [0.3, 0.4) is 0 Å². The highest BCUT2D eigenvalue weighted by Gasteiger charge is 2.47. The number of likely N-dealkylation sites (tertiary alicyclic amines) is 1. The van der Waals surface area contributed by atoms with Gasteiger partial charge in [0, 0.05) is 6.54 Å². The van der Waals surface area contributed by atoms with Crippen molar-refractivity contribution >= 4 is 14.4 Å². The van der Waals surface area contributed by atoms with E-state index >= 15 is 0 Å². The van der Waals surface area contributed by atoms with E-state index in [1.807, 2.05) is 20.8 Å². The van der Waals surface area contributed by atoms with Gasteiger partial charge in [-0.25, -0.2) is 4.79 Å². The Morgan fingerprint density at radius 2 is 1.74 bits per heavy atom. The normalized spacial score (nSPS) is 24.7. The molecular formula is C17H35NO4Si. The molecule has 0 aliphatic carbocycles. The SMILES string of the molecule is CC(O)[C@H]1[C@@H](O[Si](C)(C)C(C)(C)C)CCN1C(=O)OC(C)(C)C. The van der Waals surface area contributed by atoms with Gasteiger partial charge >= 0.3 is 6.09 Å². The molecule has 0 radical (unpaired) electrons. The van der Waals surface area contributed by atoms with Crippen LogP contribution in [0.25, 0.3) is 0 Å². The fourth-order valence-corrected chi connectivity index (χ4v) is 3.94. The number of ether oxygens (including phenoxy) is 1. The minimum absolute atomic E-state index is 0.0928. The van der Waals surface area contributed by atoms with Crippen LogP contribution in [0.2, 0.25) is 18.1 Å². The summed E-state index contributed by atoms with van der Waals surface area (Å²) in [5.41, 5.74) is -0.543. The molecule has 1 heterocycles. The summed E-state index contributed by atoms with van der Waals surface area (Å²) >= 11 is 0. The molecule has 3 atom stereocenters. The Morgan fingerprint density at radius 3 is 2.13 bits per heavy atom. The number of nitrogens with zero attached hydrogens (tertiary/aromatic N) is 1. The summed E-state index contributed by atoms with van der Waals surface area (Å²) in [7, 11) is -1.96. The summed E-state index contributed by atoms with van der Waals surface area (Å²) in [4.78, 5) is 14.1. The first-order valence-electron chi connectivity index (χ1n) is 8.51. The highest BCUT2D eigenvalue weighted by atomic mass is 28.4. The van der Waals surface area contributed by atoms with Crippen LogP contribution in [-0.2, 0) is 9.16 Å². The molecule has 0 spiro atoms. The molecule has 1 amide bonds. The molecule has 1 aliphatic heterocycles. The Labute approximate surface area is 142 Å².